The first kappa shape index (κ1) is 18.3. The molecule has 9 heteroatoms. The number of hydrogen-bond donors (Lipinski definition) is 4. The highest BCUT2D eigenvalue weighted by atomic mass is 16.5. The number of anilines is 2. The molecule has 30 heavy (non-hydrogen) atoms. The SMILES string of the molecule is O=C(O)c1cc(Nc2ncc3cccc(OC4CCNCC4)c3n2)cc2[nH]ncc12. The van der Waals surface area contributed by atoms with Gasteiger partial charge in [0.2, 0.25) is 5.95 Å². The molecule has 0 amide bonds. The Labute approximate surface area is 171 Å². The maximum Gasteiger partial charge on any atom is 0.336 e. The quantitative estimate of drug-likeness (QED) is 0.400. The normalized spacial score (nSPS) is 14.8. The maximum atomic E-state index is 11.6. The number of aromatic amines is 1. The van der Waals surface area contributed by atoms with Crippen molar-refractivity contribution in [1.29, 1.82) is 0 Å². The lowest BCUT2D eigenvalue weighted by Crippen LogP contribution is -2.34. The standard InChI is InChI=1S/C21H20N6O3/c28-20(29)15-8-13(9-17-16(15)11-24-27-17)25-21-23-10-12-2-1-3-18(19(12)26-21)30-14-4-6-22-7-5-14/h1-3,8-11,14,22H,4-7H2,(H,24,27)(H,28,29)(H,23,25,26). The molecule has 1 fully saturated rings. The second kappa shape index (κ2) is 7.60. The molecule has 1 aliphatic rings. The molecule has 0 spiro atoms. The van der Waals surface area contributed by atoms with Crippen LogP contribution in [0.5, 0.6) is 5.75 Å². The van der Waals surface area contributed by atoms with Crippen molar-refractivity contribution in [3.8, 4) is 5.75 Å². The van der Waals surface area contributed by atoms with E-state index in [1.807, 2.05) is 18.2 Å². The number of hydrogen-bond acceptors (Lipinski definition) is 7. The molecule has 1 aliphatic heterocycles. The number of carbonyl (C=O) groups is 1. The summed E-state index contributed by atoms with van der Waals surface area (Å²) in [6, 6.07) is 9.11. The highest BCUT2D eigenvalue weighted by molar-refractivity contribution is 6.04. The monoisotopic (exact) mass is 404 g/mol. The molecule has 152 valence electrons. The first-order valence-corrected chi connectivity index (χ1v) is 9.78. The molecule has 4 N–H and O–H groups in total. The van der Waals surface area contributed by atoms with Gasteiger partial charge in [0, 0.05) is 22.7 Å². The predicted octanol–water partition coefficient (Wildman–Crippen LogP) is 3.08. The second-order valence-corrected chi connectivity index (χ2v) is 7.24. The fraction of sp³-hybridized carbons (Fsp3) is 0.238. The number of carboxylic acid groups (broad SMARTS) is 1. The van der Waals surface area contributed by atoms with Crippen LogP contribution in [0.2, 0.25) is 0 Å². The highest BCUT2D eigenvalue weighted by Crippen LogP contribution is 2.28. The summed E-state index contributed by atoms with van der Waals surface area (Å²) >= 11 is 0. The fourth-order valence-corrected chi connectivity index (χ4v) is 3.71. The lowest BCUT2D eigenvalue weighted by molar-refractivity contribution is 0.0699. The molecule has 2 aromatic heterocycles. The Morgan fingerprint density at radius 1 is 1.20 bits per heavy atom. The minimum atomic E-state index is -1.03. The van der Waals surface area contributed by atoms with Crippen LogP contribution in [-0.4, -0.2) is 50.4 Å². The van der Waals surface area contributed by atoms with E-state index in [1.165, 1.54) is 6.20 Å². The molecule has 0 radical (unpaired) electrons. The van der Waals surface area contributed by atoms with E-state index in [9.17, 15) is 9.90 Å². The van der Waals surface area contributed by atoms with Crippen LogP contribution in [0.15, 0.2) is 42.7 Å². The minimum Gasteiger partial charge on any atom is -0.488 e. The summed E-state index contributed by atoms with van der Waals surface area (Å²) in [6.07, 6.45) is 5.29. The summed E-state index contributed by atoms with van der Waals surface area (Å²) in [6.45, 7) is 1.89. The van der Waals surface area contributed by atoms with Crippen molar-refractivity contribution in [2.45, 2.75) is 18.9 Å². The van der Waals surface area contributed by atoms with Gasteiger partial charge in [0.15, 0.2) is 0 Å². The van der Waals surface area contributed by atoms with Crippen molar-refractivity contribution in [2.75, 3.05) is 18.4 Å². The van der Waals surface area contributed by atoms with Gasteiger partial charge in [-0.05, 0) is 44.1 Å². The van der Waals surface area contributed by atoms with Gasteiger partial charge >= 0.3 is 5.97 Å². The van der Waals surface area contributed by atoms with E-state index in [2.05, 4.69) is 30.8 Å². The highest BCUT2D eigenvalue weighted by Gasteiger charge is 2.17. The van der Waals surface area contributed by atoms with Gasteiger partial charge in [-0.3, -0.25) is 5.10 Å². The lowest BCUT2D eigenvalue weighted by Gasteiger charge is -2.24. The van der Waals surface area contributed by atoms with Crippen molar-refractivity contribution in [2.24, 2.45) is 0 Å². The Morgan fingerprint density at radius 2 is 2.07 bits per heavy atom. The Morgan fingerprint density at radius 3 is 2.90 bits per heavy atom. The zero-order valence-electron chi connectivity index (χ0n) is 16.1. The molecule has 0 unspecified atom stereocenters. The number of nitrogens with zero attached hydrogens (tertiary/aromatic N) is 3. The molecular formula is C21H20N6O3. The average Bonchev–Trinajstić information content (AvgIpc) is 3.23. The van der Waals surface area contributed by atoms with Crippen LogP contribution in [0.4, 0.5) is 11.6 Å². The van der Waals surface area contributed by atoms with Crippen molar-refractivity contribution >= 4 is 39.4 Å². The van der Waals surface area contributed by atoms with Gasteiger partial charge in [-0.2, -0.15) is 5.10 Å². The van der Waals surface area contributed by atoms with Gasteiger partial charge in [-0.25, -0.2) is 14.8 Å². The molecule has 0 bridgehead atoms. The van der Waals surface area contributed by atoms with Crippen LogP contribution in [0.1, 0.15) is 23.2 Å². The number of carboxylic acids is 1. The van der Waals surface area contributed by atoms with Crippen molar-refractivity contribution in [3.05, 3.63) is 48.3 Å². The Hall–Kier alpha value is -3.72. The first-order valence-electron chi connectivity index (χ1n) is 9.78. The third-order valence-electron chi connectivity index (χ3n) is 5.20. The number of H-pyrrole nitrogens is 1. The minimum absolute atomic E-state index is 0.152. The number of nitrogens with one attached hydrogen (secondary N) is 3. The van der Waals surface area contributed by atoms with E-state index < -0.39 is 5.97 Å². The molecule has 0 saturated carbocycles. The number of aromatic carboxylic acids is 1. The molecular weight excluding hydrogens is 384 g/mol. The molecule has 9 nitrogen and oxygen atoms in total. The largest absolute Gasteiger partial charge is 0.488 e. The van der Waals surface area contributed by atoms with Crippen LogP contribution < -0.4 is 15.4 Å². The summed E-state index contributed by atoms with van der Waals surface area (Å²) in [5.74, 6) is 0.0568. The summed E-state index contributed by atoms with van der Waals surface area (Å²) in [5.41, 5.74) is 2.04. The van der Waals surface area contributed by atoms with Gasteiger partial charge in [-0.1, -0.05) is 12.1 Å². The summed E-state index contributed by atoms with van der Waals surface area (Å²) in [7, 11) is 0. The number of ether oxygens (including phenoxy) is 1. The first-order chi connectivity index (χ1) is 14.7. The van der Waals surface area contributed by atoms with E-state index in [0.717, 1.165) is 42.6 Å². The van der Waals surface area contributed by atoms with E-state index in [-0.39, 0.29) is 11.7 Å². The van der Waals surface area contributed by atoms with Gasteiger partial charge in [-0.15, -0.1) is 0 Å². The predicted molar refractivity (Wildman–Crippen MR) is 112 cm³/mol. The molecule has 5 rings (SSSR count). The van der Waals surface area contributed by atoms with E-state index >= 15 is 0 Å². The van der Waals surface area contributed by atoms with E-state index in [0.29, 0.717) is 22.5 Å². The Bertz CT molecular complexity index is 1230. The molecule has 2 aromatic carbocycles. The van der Waals surface area contributed by atoms with Crippen LogP contribution in [0.3, 0.4) is 0 Å². The van der Waals surface area contributed by atoms with Crippen LogP contribution in [-0.2, 0) is 0 Å². The number of fused-ring (bicyclic) bond motifs is 2. The van der Waals surface area contributed by atoms with Crippen LogP contribution >= 0.6 is 0 Å². The van der Waals surface area contributed by atoms with Crippen LogP contribution in [0.25, 0.3) is 21.8 Å². The number of benzene rings is 2. The van der Waals surface area contributed by atoms with Gasteiger partial charge in [0.05, 0.1) is 17.3 Å². The maximum absolute atomic E-state index is 11.6. The van der Waals surface area contributed by atoms with Gasteiger partial charge < -0.3 is 20.5 Å². The van der Waals surface area contributed by atoms with Crippen LogP contribution in [0, 0.1) is 0 Å². The summed E-state index contributed by atoms with van der Waals surface area (Å²) < 4.78 is 6.22. The Balaban J connectivity index is 1.48. The molecule has 0 aliphatic carbocycles. The molecule has 3 heterocycles. The summed E-state index contributed by atoms with van der Waals surface area (Å²) in [5, 5.41) is 24.1. The smallest absolute Gasteiger partial charge is 0.336 e. The van der Waals surface area contributed by atoms with Gasteiger partial charge in [0.1, 0.15) is 17.4 Å². The fourth-order valence-electron chi connectivity index (χ4n) is 3.71. The topological polar surface area (TPSA) is 125 Å². The third kappa shape index (κ3) is 3.50. The Kier molecular flexibility index (Phi) is 4.64. The van der Waals surface area contributed by atoms with Gasteiger partial charge in [0.25, 0.3) is 0 Å². The third-order valence-corrected chi connectivity index (χ3v) is 5.20. The van der Waals surface area contributed by atoms with E-state index in [4.69, 9.17) is 4.74 Å². The molecule has 0 atom stereocenters. The zero-order valence-corrected chi connectivity index (χ0v) is 16.1. The van der Waals surface area contributed by atoms with Crippen molar-refractivity contribution in [3.63, 3.8) is 0 Å². The van der Waals surface area contributed by atoms with E-state index in [1.54, 1.807) is 18.3 Å². The number of rotatable bonds is 5. The number of piperidine rings is 1. The summed E-state index contributed by atoms with van der Waals surface area (Å²) in [4.78, 5) is 20.6. The average molecular weight is 404 g/mol. The lowest BCUT2D eigenvalue weighted by atomic mass is 10.1. The molecule has 4 aromatic rings. The number of para-hydroxylation sites is 1. The van der Waals surface area contributed by atoms with Crippen molar-refractivity contribution < 1.29 is 14.6 Å². The molecule has 1 saturated heterocycles. The zero-order chi connectivity index (χ0) is 20.5. The number of aromatic nitrogens is 4. The second-order valence-electron chi connectivity index (χ2n) is 7.24. The van der Waals surface area contributed by atoms with Crippen molar-refractivity contribution in [1.82, 2.24) is 25.5 Å².